The predicted molar refractivity (Wildman–Crippen MR) is 70.5 cm³/mol. The van der Waals surface area contributed by atoms with Gasteiger partial charge in [-0.25, -0.2) is 15.0 Å². The van der Waals surface area contributed by atoms with Crippen molar-refractivity contribution in [1.29, 1.82) is 0 Å². The first-order valence-electron chi connectivity index (χ1n) is 6.19. The van der Waals surface area contributed by atoms with Gasteiger partial charge in [-0.05, 0) is 6.42 Å². The average Bonchev–Trinajstić information content (AvgIpc) is 2.97. The molecule has 8 heteroatoms. The van der Waals surface area contributed by atoms with E-state index < -0.39 is 24.5 Å². The van der Waals surface area contributed by atoms with E-state index in [0.29, 0.717) is 17.6 Å². The maximum Gasteiger partial charge on any atom is 0.167 e. The van der Waals surface area contributed by atoms with Crippen LogP contribution in [0.3, 0.4) is 0 Å². The number of nitrogens with zero attached hydrogens (tertiary/aromatic N) is 4. The second-order valence-electron chi connectivity index (χ2n) is 4.65. The van der Waals surface area contributed by atoms with Crippen molar-refractivity contribution >= 4 is 17.0 Å². The Morgan fingerprint density at radius 1 is 1.35 bits per heavy atom. The molecule has 4 atom stereocenters. The van der Waals surface area contributed by atoms with E-state index in [1.807, 2.05) is 0 Å². The van der Waals surface area contributed by atoms with Crippen LogP contribution < -0.4 is 5.73 Å². The first-order valence-corrected chi connectivity index (χ1v) is 6.19. The van der Waals surface area contributed by atoms with Crippen LogP contribution in [0.2, 0.25) is 0 Å². The van der Waals surface area contributed by atoms with Crippen molar-refractivity contribution in [2.75, 3.05) is 5.73 Å². The highest BCUT2D eigenvalue weighted by Crippen LogP contribution is 2.33. The largest absolute Gasteiger partial charge is 0.388 e. The zero-order valence-electron chi connectivity index (χ0n) is 10.6. The molecule has 0 radical (unpaired) electrons. The molecule has 0 unspecified atom stereocenters. The third-order valence-corrected chi connectivity index (χ3v) is 3.40. The molecule has 2 aromatic heterocycles. The Labute approximate surface area is 114 Å². The molecule has 4 N–H and O–H groups in total. The normalized spacial score (nSPS) is 29.9. The molecule has 8 nitrogen and oxygen atoms in total. The van der Waals surface area contributed by atoms with Gasteiger partial charge in [0.1, 0.15) is 24.1 Å². The summed E-state index contributed by atoms with van der Waals surface area (Å²) in [7, 11) is 0. The molecule has 0 spiro atoms. The Morgan fingerprint density at radius 3 is 2.90 bits per heavy atom. The Bertz CT molecular complexity index is 643. The smallest absolute Gasteiger partial charge is 0.167 e. The Hall–Kier alpha value is -2.03. The van der Waals surface area contributed by atoms with Crippen molar-refractivity contribution in [2.45, 2.75) is 31.0 Å². The topological polar surface area (TPSA) is 119 Å². The third-order valence-electron chi connectivity index (χ3n) is 3.40. The van der Waals surface area contributed by atoms with E-state index >= 15 is 0 Å². The molecule has 3 heterocycles. The average molecular weight is 277 g/mol. The van der Waals surface area contributed by atoms with E-state index in [-0.39, 0.29) is 5.82 Å². The van der Waals surface area contributed by atoms with Crippen LogP contribution in [0.1, 0.15) is 12.6 Å². The number of rotatable bonds is 3. The fourth-order valence-corrected chi connectivity index (χ4v) is 2.37. The summed E-state index contributed by atoms with van der Waals surface area (Å²) in [6, 6.07) is 0. The SMILES string of the molecule is C=CC[C@H]1O[C@@H](n2cnc3c(N)ncnc32)[C@H](O)[C@@H]1O. The highest BCUT2D eigenvalue weighted by molar-refractivity contribution is 5.81. The van der Waals surface area contributed by atoms with Crippen LogP contribution in [0.5, 0.6) is 0 Å². The van der Waals surface area contributed by atoms with E-state index in [0.717, 1.165) is 0 Å². The molecule has 1 saturated heterocycles. The second-order valence-corrected chi connectivity index (χ2v) is 4.65. The number of aromatic nitrogens is 4. The predicted octanol–water partition coefficient (Wildman–Crippen LogP) is -0.396. The van der Waals surface area contributed by atoms with Gasteiger partial charge in [-0.1, -0.05) is 6.08 Å². The molecule has 0 saturated carbocycles. The molecule has 1 aliphatic rings. The minimum absolute atomic E-state index is 0.254. The number of aliphatic hydroxyl groups is 2. The minimum Gasteiger partial charge on any atom is -0.388 e. The first kappa shape index (κ1) is 13.0. The molecule has 1 fully saturated rings. The highest BCUT2D eigenvalue weighted by atomic mass is 16.6. The molecule has 0 bridgehead atoms. The van der Waals surface area contributed by atoms with Crippen LogP contribution in [0.15, 0.2) is 25.3 Å². The van der Waals surface area contributed by atoms with Crippen molar-refractivity contribution in [3.8, 4) is 0 Å². The highest BCUT2D eigenvalue weighted by Gasteiger charge is 2.43. The number of ether oxygens (including phenoxy) is 1. The van der Waals surface area contributed by atoms with Crippen LogP contribution in [0, 0.1) is 0 Å². The number of hydrogen-bond donors (Lipinski definition) is 3. The molecule has 3 rings (SSSR count). The van der Waals surface area contributed by atoms with E-state index in [2.05, 4.69) is 21.5 Å². The zero-order valence-corrected chi connectivity index (χ0v) is 10.6. The molecule has 0 amide bonds. The van der Waals surface area contributed by atoms with Crippen LogP contribution in [-0.4, -0.2) is 48.0 Å². The van der Waals surface area contributed by atoms with Crippen molar-refractivity contribution in [1.82, 2.24) is 19.5 Å². The van der Waals surface area contributed by atoms with Gasteiger partial charge in [0.2, 0.25) is 0 Å². The van der Waals surface area contributed by atoms with Crippen LogP contribution in [0.25, 0.3) is 11.2 Å². The lowest BCUT2D eigenvalue weighted by atomic mass is 10.1. The summed E-state index contributed by atoms with van der Waals surface area (Å²) in [6.45, 7) is 3.60. The Morgan fingerprint density at radius 2 is 2.15 bits per heavy atom. The van der Waals surface area contributed by atoms with Gasteiger partial charge in [0, 0.05) is 0 Å². The van der Waals surface area contributed by atoms with Crippen LogP contribution >= 0.6 is 0 Å². The van der Waals surface area contributed by atoms with Gasteiger partial charge in [-0.15, -0.1) is 6.58 Å². The second kappa shape index (κ2) is 4.82. The summed E-state index contributed by atoms with van der Waals surface area (Å²) >= 11 is 0. The van der Waals surface area contributed by atoms with Crippen molar-refractivity contribution in [2.24, 2.45) is 0 Å². The van der Waals surface area contributed by atoms with Crippen molar-refractivity contribution < 1.29 is 14.9 Å². The molecule has 0 aromatic carbocycles. The molecule has 106 valence electrons. The maximum atomic E-state index is 10.1. The molecular formula is C12H15N5O3. The number of hydrogen-bond acceptors (Lipinski definition) is 7. The number of anilines is 1. The third kappa shape index (κ3) is 1.85. The molecule has 1 aliphatic heterocycles. The summed E-state index contributed by atoms with van der Waals surface area (Å²) in [5.74, 6) is 0.254. The standard InChI is InChI=1S/C12H15N5O3/c1-2-3-6-8(18)9(19)12(20-6)17-5-16-7-10(13)14-4-15-11(7)17/h2,4-6,8-9,12,18-19H,1,3H2,(H2,13,14,15)/t6-,8-,9-,12-/m1/s1. The minimum atomic E-state index is -1.08. The quantitative estimate of drug-likeness (QED) is 0.653. The summed E-state index contributed by atoms with van der Waals surface area (Å²) in [6.07, 6.45) is 1.51. The van der Waals surface area contributed by atoms with Gasteiger partial charge in [0.15, 0.2) is 17.7 Å². The van der Waals surface area contributed by atoms with Crippen molar-refractivity contribution in [3.63, 3.8) is 0 Å². The van der Waals surface area contributed by atoms with Gasteiger partial charge in [-0.2, -0.15) is 0 Å². The molecular weight excluding hydrogens is 262 g/mol. The van der Waals surface area contributed by atoms with E-state index in [1.54, 1.807) is 10.6 Å². The zero-order chi connectivity index (χ0) is 14.3. The fourth-order valence-electron chi connectivity index (χ4n) is 2.37. The van der Waals surface area contributed by atoms with Crippen molar-refractivity contribution in [3.05, 3.63) is 25.3 Å². The number of imidazole rings is 1. The fraction of sp³-hybridized carbons (Fsp3) is 0.417. The number of nitrogens with two attached hydrogens (primary N) is 1. The monoisotopic (exact) mass is 277 g/mol. The van der Waals surface area contributed by atoms with E-state index in [9.17, 15) is 10.2 Å². The maximum absolute atomic E-state index is 10.1. The lowest BCUT2D eigenvalue weighted by Gasteiger charge is -2.16. The van der Waals surface area contributed by atoms with Gasteiger partial charge >= 0.3 is 0 Å². The summed E-state index contributed by atoms with van der Waals surface area (Å²) < 4.78 is 7.22. The van der Waals surface area contributed by atoms with Gasteiger partial charge in [-0.3, -0.25) is 4.57 Å². The lowest BCUT2D eigenvalue weighted by molar-refractivity contribution is -0.0338. The first-order chi connectivity index (χ1) is 9.63. The molecule has 0 aliphatic carbocycles. The lowest BCUT2D eigenvalue weighted by Crippen LogP contribution is -2.31. The summed E-state index contributed by atoms with van der Waals surface area (Å²) in [4.78, 5) is 12.1. The number of nitrogen functional groups attached to an aromatic ring is 1. The van der Waals surface area contributed by atoms with Gasteiger partial charge in [0.25, 0.3) is 0 Å². The Balaban J connectivity index is 1.99. The summed E-state index contributed by atoms with van der Waals surface area (Å²) in [5, 5.41) is 20.1. The van der Waals surface area contributed by atoms with Gasteiger partial charge in [0.05, 0.1) is 12.4 Å². The molecule has 20 heavy (non-hydrogen) atoms. The van der Waals surface area contributed by atoms with Crippen LogP contribution in [0.4, 0.5) is 5.82 Å². The number of aliphatic hydroxyl groups excluding tert-OH is 2. The van der Waals surface area contributed by atoms with Gasteiger partial charge < -0.3 is 20.7 Å². The molecule has 2 aromatic rings. The van der Waals surface area contributed by atoms with E-state index in [1.165, 1.54) is 12.7 Å². The summed E-state index contributed by atoms with van der Waals surface area (Å²) in [5.41, 5.74) is 6.60. The van der Waals surface area contributed by atoms with E-state index in [4.69, 9.17) is 10.5 Å². The Kier molecular flexibility index (Phi) is 3.13. The number of fused-ring (bicyclic) bond motifs is 1. The van der Waals surface area contributed by atoms with Crippen LogP contribution in [-0.2, 0) is 4.74 Å².